The number of ether oxygens (including phenoxy) is 3. The SMILES string of the molecule is COc1ccc(OC)c(C2Oc3nc(SCC(C)C)nnc3-c3ccccc3N2C(C)=O)c1. The molecule has 0 N–H and O–H groups in total. The summed E-state index contributed by atoms with van der Waals surface area (Å²) in [5.74, 6) is 2.61. The Hall–Kier alpha value is -3.33. The normalized spacial score (nSPS) is 14.7. The zero-order chi connectivity index (χ0) is 23.5. The first-order valence-electron chi connectivity index (χ1n) is 10.6. The van der Waals surface area contributed by atoms with E-state index in [0.29, 0.717) is 51.0 Å². The second-order valence-electron chi connectivity index (χ2n) is 7.94. The van der Waals surface area contributed by atoms with Gasteiger partial charge in [0.25, 0.3) is 0 Å². The number of rotatable bonds is 6. The molecule has 0 saturated carbocycles. The fourth-order valence-electron chi connectivity index (χ4n) is 3.59. The van der Waals surface area contributed by atoms with Crippen LogP contribution in [-0.4, -0.2) is 41.1 Å². The highest BCUT2D eigenvalue weighted by Crippen LogP contribution is 2.45. The maximum Gasteiger partial charge on any atom is 0.247 e. The Kier molecular flexibility index (Phi) is 6.69. The topological polar surface area (TPSA) is 86.7 Å². The molecule has 0 aliphatic carbocycles. The van der Waals surface area contributed by atoms with E-state index in [0.717, 1.165) is 5.75 Å². The minimum absolute atomic E-state index is 0.201. The Morgan fingerprint density at radius 3 is 2.64 bits per heavy atom. The first kappa shape index (κ1) is 22.8. The minimum atomic E-state index is -0.852. The maximum absolute atomic E-state index is 13.0. The summed E-state index contributed by atoms with van der Waals surface area (Å²) in [4.78, 5) is 19.2. The molecule has 1 aliphatic rings. The predicted molar refractivity (Wildman–Crippen MR) is 127 cm³/mol. The molecule has 1 amide bonds. The number of benzene rings is 2. The van der Waals surface area contributed by atoms with Crippen LogP contribution in [0.2, 0.25) is 0 Å². The summed E-state index contributed by atoms with van der Waals surface area (Å²) in [6, 6.07) is 12.9. The average Bonchev–Trinajstić information content (AvgIpc) is 2.96. The summed E-state index contributed by atoms with van der Waals surface area (Å²) in [6.45, 7) is 5.76. The van der Waals surface area contributed by atoms with Crippen LogP contribution in [0.3, 0.4) is 0 Å². The van der Waals surface area contributed by atoms with Crippen LogP contribution >= 0.6 is 11.8 Å². The van der Waals surface area contributed by atoms with Gasteiger partial charge in [-0.15, -0.1) is 10.2 Å². The lowest BCUT2D eigenvalue weighted by molar-refractivity contribution is -0.118. The van der Waals surface area contributed by atoms with Crippen molar-refractivity contribution < 1.29 is 19.0 Å². The fourth-order valence-corrected chi connectivity index (χ4v) is 4.32. The monoisotopic (exact) mass is 466 g/mol. The van der Waals surface area contributed by atoms with E-state index in [1.54, 1.807) is 37.3 Å². The summed E-state index contributed by atoms with van der Waals surface area (Å²) in [7, 11) is 3.16. The molecule has 1 atom stereocenters. The van der Waals surface area contributed by atoms with E-state index in [1.165, 1.54) is 18.7 Å². The number of para-hydroxylation sites is 1. The molecule has 0 fully saturated rings. The highest BCUT2D eigenvalue weighted by molar-refractivity contribution is 7.99. The number of methoxy groups -OCH3 is 2. The third-order valence-corrected chi connectivity index (χ3v) is 6.36. The molecule has 8 nitrogen and oxygen atoms in total. The largest absolute Gasteiger partial charge is 0.497 e. The van der Waals surface area contributed by atoms with E-state index in [9.17, 15) is 4.79 Å². The van der Waals surface area contributed by atoms with Crippen molar-refractivity contribution in [1.29, 1.82) is 0 Å². The Bertz CT molecular complexity index is 1170. The molecule has 0 spiro atoms. The molecule has 172 valence electrons. The number of anilines is 1. The van der Waals surface area contributed by atoms with Gasteiger partial charge >= 0.3 is 0 Å². The van der Waals surface area contributed by atoms with Gasteiger partial charge in [-0.1, -0.05) is 43.8 Å². The second kappa shape index (κ2) is 9.66. The van der Waals surface area contributed by atoms with E-state index in [1.807, 2.05) is 24.3 Å². The van der Waals surface area contributed by atoms with E-state index in [-0.39, 0.29) is 5.91 Å². The number of amides is 1. The van der Waals surface area contributed by atoms with Crippen molar-refractivity contribution in [3.63, 3.8) is 0 Å². The van der Waals surface area contributed by atoms with Crippen molar-refractivity contribution in [3.8, 4) is 28.6 Å². The van der Waals surface area contributed by atoms with Crippen molar-refractivity contribution in [1.82, 2.24) is 15.2 Å². The van der Waals surface area contributed by atoms with E-state index < -0.39 is 6.23 Å². The first-order chi connectivity index (χ1) is 15.9. The zero-order valence-corrected chi connectivity index (χ0v) is 20.0. The zero-order valence-electron chi connectivity index (χ0n) is 19.2. The van der Waals surface area contributed by atoms with Crippen LogP contribution in [0.5, 0.6) is 17.4 Å². The molecule has 4 rings (SSSR count). The molecule has 2 heterocycles. The number of aromatic nitrogens is 3. The highest BCUT2D eigenvalue weighted by Gasteiger charge is 2.36. The molecule has 1 unspecified atom stereocenters. The van der Waals surface area contributed by atoms with Gasteiger partial charge in [0.1, 0.15) is 11.5 Å². The molecule has 2 aromatic carbocycles. The van der Waals surface area contributed by atoms with E-state index in [4.69, 9.17) is 14.2 Å². The van der Waals surface area contributed by atoms with Crippen molar-refractivity contribution >= 4 is 23.4 Å². The van der Waals surface area contributed by atoms with Crippen LogP contribution in [0.1, 0.15) is 32.6 Å². The number of hydrogen-bond acceptors (Lipinski definition) is 8. The van der Waals surface area contributed by atoms with Crippen LogP contribution in [0.15, 0.2) is 47.6 Å². The van der Waals surface area contributed by atoms with Crippen molar-refractivity contribution in [2.45, 2.75) is 32.2 Å². The van der Waals surface area contributed by atoms with Gasteiger partial charge in [0.2, 0.25) is 23.2 Å². The van der Waals surface area contributed by atoms with E-state index in [2.05, 4.69) is 29.0 Å². The van der Waals surface area contributed by atoms with Gasteiger partial charge in [0, 0.05) is 18.2 Å². The van der Waals surface area contributed by atoms with Gasteiger partial charge in [0.05, 0.1) is 25.5 Å². The number of fused-ring (bicyclic) bond motifs is 3. The Morgan fingerprint density at radius 1 is 1.15 bits per heavy atom. The van der Waals surface area contributed by atoms with Crippen LogP contribution in [0.4, 0.5) is 5.69 Å². The summed E-state index contributed by atoms with van der Waals surface area (Å²) in [6.07, 6.45) is -0.852. The number of hydrogen-bond donors (Lipinski definition) is 0. The molecule has 1 aromatic heterocycles. The van der Waals surface area contributed by atoms with Crippen LogP contribution < -0.4 is 19.1 Å². The van der Waals surface area contributed by atoms with Gasteiger partial charge in [-0.3, -0.25) is 9.69 Å². The van der Waals surface area contributed by atoms with Crippen molar-refractivity contribution in [2.75, 3.05) is 24.9 Å². The van der Waals surface area contributed by atoms with Crippen LogP contribution in [-0.2, 0) is 4.79 Å². The summed E-state index contributed by atoms with van der Waals surface area (Å²) >= 11 is 1.52. The predicted octanol–water partition coefficient (Wildman–Crippen LogP) is 4.75. The third kappa shape index (κ3) is 4.59. The Balaban J connectivity index is 1.92. The fraction of sp³-hybridized carbons (Fsp3) is 0.333. The summed E-state index contributed by atoms with van der Waals surface area (Å²) < 4.78 is 17.5. The quantitative estimate of drug-likeness (QED) is 0.481. The molecule has 3 aromatic rings. The van der Waals surface area contributed by atoms with Crippen molar-refractivity contribution in [3.05, 3.63) is 48.0 Å². The smallest absolute Gasteiger partial charge is 0.247 e. The van der Waals surface area contributed by atoms with Gasteiger partial charge < -0.3 is 14.2 Å². The molecule has 1 aliphatic heterocycles. The standard InChI is InChI=1S/C24H26N4O4S/c1-14(2)13-33-24-25-22-21(26-27-24)17-8-6-7-9-19(17)28(15(3)29)23(32-22)18-12-16(30-4)10-11-20(18)31-5/h6-12,14,23H,13H2,1-5H3. The lowest BCUT2D eigenvalue weighted by atomic mass is 10.1. The third-order valence-electron chi connectivity index (χ3n) is 5.10. The first-order valence-corrected chi connectivity index (χ1v) is 11.6. The number of carbonyl (C=O) groups excluding carboxylic acids is 1. The molecular weight excluding hydrogens is 440 g/mol. The number of carbonyl (C=O) groups is 1. The van der Waals surface area contributed by atoms with Gasteiger partial charge in [-0.2, -0.15) is 4.98 Å². The van der Waals surface area contributed by atoms with Gasteiger partial charge in [-0.05, 0) is 30.2 Å². The number of nitrogens with zero attached hydrogens (tertiary/aromatic N) is 4. The Morgan fingerprint density at radius 2 is 1.94 bits per heavy atom. The van der Waals surface area contributed by atoms with Crippen molar-refractivity contribution in [2.24, 2.45) is 5.92 Å². The molecule has 9 heteroatoms. The summed E-state index contributed by atoms with van der Waals surface area (Å²) in [5.41, 5.74) is 2.48. The molecule has 0 radical (unpaired) electrons. The van der Waals surface area contributed by atoms with Gasteiger partial charge in [-0.25, -0.2) is 0 Å². The highest BCUT2D eigenvalue weighted by atomic mass is 32.2. The van der Waals surface area contributed by atoms with Crippen LogP contribution in [0, 0.1) is 5.92 Å². The molecular formula is C24H26N4O4S. The lowest BCUT2D eigenvalue weighted by Gasteiger charge is -2.30. The lowest BCUT2D eigenvalue weighted by Crippen LogP contribution is -2.36. The number of thioether (sulfide) groups is 1. The van der Waals surface area contributed by atoms with E-state index >= 15 is 0 Å². The maximum atomic E-state index is 13.0. The molecule has 33 heavy (non-hydrogen) atoms. The second-order valence-corrected chi connectivity index (χ2v) is 8.92. The van der Waals surface area contributed by atoms with Gasteiger partial charge in [0.15, 0.2) is 5.69 Å². The van der Waals surface area contributed by atoms with Crippen LogP contribution in [0.25, 0.3) is 11.3 Å². The summed E-state index contributed by atoms with van der Waals surface area (Å²) in [5, 5.41) is 9.27. The Labute approximate surface area is 197 Å². The average molecular weight is 467 g/mol. The molecule has 0 bridgehead atoms. The molecule has 0 saturated heterocycles. The minimum Gasteiger partial charge on any atom is -0.497 e.